The van der Waals surface area contributed by atoms with Crippen LogP contribution in [0.5, 0.6) is 0 Å². The first-order valence-corrected chi connectivity index (χ1v) is 4.61. The molecule has 1 nitrogen and oxygen atoms in total. The van der Waals surface area contributed by atoms with E-state index in [-0.39, 0.29) is 18.0 Å². The van der Waals surface area contributed by atoms with Crippen LogP contribution in [0.2, 0.25) is 0 Å². The highest BCUT2D eigenvalue weighted by atomic mass is 35.5. The van der Waals surface area contributed by atoms with E-state index in [0.29, 0.717) is 12.1 Å². The molecule has 8 heteroatoms. The molecule has 1 rings (SSSR count). The summed E-state index contributed by atoms with van der Waals surface area (Å²) in [5.41, 5.74) is 3.73. The van der Waals surface area contributed by atoms with Gasteiger partial charge in [-0.1, -0.05) is 0 Å². The zero-order valence-electron chi connectivity index (χ0n) is 8.85. The topological polar surface area (TPSA) is 26.0 Å². The van der Waals surface area contributed by atoms with Gasteiger partial charge < -0.3 is 5.73 Å². The summed E-state index contributed by atoms with van der Waals surface area (Å²) in [6.07, 6.45) is -8.31. The van der Waals surface area contributed by atoms with Gasteiger partial charge in [0.1, 0.15) is 5.82 Å². The fraction of sp³-hybridized carbons (Fsp3) is 0.400. The molecule has 0 bridgehead atoms. The number of nitrogens with two attached hydrogens (primary N) is 1. The average Bonchev–Trinajstić information content (AvgIpc) is 2.14. The predicted molar refractivity (Wildman–Crippen MR) is 56.2 cm³/mol. The van der Waals surface area contributed by atoms with Crippen LogP contribution in [-0.2, 0) is 6.18 Å². The lowest BCUT2D eigenvalue weighted by molar-refractivity contribution is -0.137. The molecule has 0 aromatic heterocycles. The third kappa shape index (κ3) is 4.73. The molecule has 0 spiro atoms. The summed E-state index contributed by atoms with van der Waals surface area (Å²) in [4.78, 5) is 0. The minimum Gasteiger partial charge on any atom is -0.324 e. The van der Waals surface area contributed by atoms with Gasteiger partial charge >= 0.3 is 6.18 Å². The van der Waals surface area contributed by atoms with Gasteiger partial charge in [-0.2, -0.15) is 13.2 Å². The van der Waals surface area contributed by atoms with E-state index in [1.165, 1.54) is 0 Å². The highest BCUT2D eigenvalue weighted by Gasteiger charge is 2.32. The number of benzene rings is 1. The van der Waals surface area contributed by atoms with E-state index in [1.807, 2.05) is 0 Å². The van der Waals surface area contributed by atoms with Gasteiger partial charge in [-0.15, -0.1) is 12.4 Å². The first-order chi connectivity index (χ1) is 7.70. The smallest absolute Gasteiger partial charge is 0.324 e. The predicted octanol–water partition coefficient (Wildman–Crippen LogP) is 3.92. The van der Waals surface area contributed by atoms with Gasteiger partial charge in [0.2, 0.25) is 6.43 Å². The molecule has 2 N–H and O–H groups in total. The lowest BCUT2D eigenvalue weighted by Gasteiger charge is -2.14. The molecule has 0 aliphatic carbocycles. The molecular weight excluding hydrogens is 284 g/mol. The summed E-state index contributed by atoms with van der Waals surface area (Å²) < 4.78 is 73.9. The fourth-order valence-electron chi connectivity index (χ4n) is 1.32. The molecule has 0 heterocycles. The lowest BCUT2D eigenvalue weighted by Crippen LogP contribution is -2.16. The van der Waals surface area contributed by atoms with Crippen LogP contribution < -0.4 is 5.73 Å². The first-order valence-electron chi connectivity index (χ1n) is 4.61. The Kier molecular flexibility index (Phi) is 5.95. The van der Waals surface area contributed by atoms with Crippen molar-refractivity contribution in [2.75, 3.05) is 0 Å². The molecule has 0 fully saturated rings. The van der Waals surface area contributed by atoms with Crippen LogP contribution in [0.3, 0.4) is 0 Å². The van der Waals surface area contributed by atoms with Gasteiger partial charge in [-0.3, -0.25) is 0 Å². The average molecular weight is 294 g/mol. The third-order valence-corrected chi connectivity index (χ3v) is 2.11. The van der Waals surface area contributed by atoms with Crippen molar-refractivity contribution in [3.05, 3.63) is 35.1 Å². The standard InChI is InChI=1S/C10H9F6N.ClH/c11-7-2-5(8(17)4-9(12)13)1-6(3-7)10(14,15)16;/h1-3,8-9H,4,17H2;1H/t8-;/m0./s1. The van der Waals surface area contributed by atoms with Gasteiger partial charge in [0.15, 0.2) is 0 Å². The van der Waals surface area contributed by atoms with Gasteiger partial charge in [-0.05, 0) is 23.8 Å². The van der Waals surface area contributed by atoms with Gasteiger partial charge in [-0.25, -0.2) is 13.2 Å². The lowest BCUT2D eigenvalue weighted by atomic mass is 10.0. The van der Waals surface area contributed by atoms with Crippen molar-refractivity contribution in [1.82, 2.24) is 0 Å². The molecule has 18 heavy (non-hydrogen) atoms. The Morgan fingerprint density at radius 1 is 1.11 bits per heavy atom. The van der Waals surface area contributed by atoms with Crippen LogP contribution in [0.25, 0.3) is 0 Å². The molecule has 0 radical (unpaired) electrons. The maximum absolute atomic E-state index is 12.9. The second kappa shape index (κ2) is 6.29. The zero-order chi connectivity index (χ0) is 13.2. The van der Waals surface area contributed by atoms with Gasteiger partial charge in [0, 0.05) is 12.5 Å². The van der Waals surface area contributed by atoms with Crippen molar-refractivity contribution in [3.63, 3.8) is 0 Å². The van der Waals surface area contributed by atoms with E-state index in [9.17, 15) is 26.3 Å². The number of halogens is 7. The normalized spacial score (nSPS) is 13.3. The van der Waals surface area contributed by atoms with Crippen molar-refractivity contribution in [1.29, 1.82) is 0 Å². The van der Waals surface area contributed by atoms with Crippen molar-refractivity contribution in [3.8, 4) is 0 Å². The Hall–Kier alpha value is -0.950. The Balaban J connectivity index is 0.00000289. The molecule has 0 saturated heterocycles. The SMILES string of the molecule is Cl.N[C@@H](CC(F)F)c1cc(F)cc(C(F)(F)F)c1. The van der Waals surface area contributed by atoms with Crippen LogP contribution in [0.4, 0.5) is 26.3 Å². The maximum atomic E-state index is 12.9. The minimum absolute atomic E-state index is 0. The summed E-state index contributed by atoms with van der Waals surface area (Å²) in [6, 6.07) is 0.267. The maximum Gasteiger partial charge on any atom is 0.416 e. The Labute approximate surface area is 105 Å². The molecular formula is C10H10ClF6N. The molecule has 104 valence electrons. The van der Waals surface area contributed by atoms with E-state index < -0.39 is 36.4 Å². The largest absolute Gasteiger partial charge is 0.416 e. The van der Waals surface area contributed by atoms with Crippen LogP contribution in [0.15, 0.2) is 18.2 Å². The van der Waals surface area contributed by atoms with Gasteiger partial charge in [0.25, 0.3) is 0 Å². The number of hydrogen-bond donors (Lipinski definition) is 1. The van der Waals surface area contributed by atoms with Crippen molar-refractivity contribution in [2.24, 2.45) is 5.73 Å². The fourth-order valence-corrected chi connectivity index (χ4v) is 1.32. The van der Waals surface area contributed by atoms with Crippen LogP contribution in [0, 0.1) is 5.82 Å². The summed E-state index contributed by atoms with van der Waals surface area (Å²) in [7, 11) is 0. The van der Waals surface area contributed by atoms with Crippen molar-refractivity contribution in [2.45, 2.75) is 25.1 Å². The van der Waals surface area contributed by atoms with Gasteiger partial charge in [0.05, 0.1) is 5.56 Å². The highest BCUT2D eigenvalue weighted by molar-refractivity contribution is 5.85. The van der Waals surface area contributed by atoms with E-state index in [2.05, 4.69) is 0 Å². The number of rotatable bonds is 3. The first kappa shape index (κ1) is 17.1. The number of alkyl halides is 5. The summed E-state index contributed by atoms with van der Waals surface area (Å²) in [5, 5.41) is 0. The molecule has 0 amide bonds. The molecule has 0 saturated carbocycles. The molecule has 0 unspecified atom stereocenters. The molecule has 1 aromatic carbocycles. The second-order valence-corrected chi connectivity index (χ2v) is 3.50. The second-order valence-electron chi connectivity index (χ2n) is 3.50. The minimum atomic E-state index is -4.73. The van der Waals surface area contributed by atoms with Crippen LogP contribution in [0.1, 0.15) is 23.6 Å². The van der Waals surface area contributed by atoms with Crippen LogP contribution >= 0.6 is 12.4 Å². The highest BCUT2D eigenvalue weighted by Crippen LogP contribution is 2.32. The number of hydrogen-bond acceptors (Lipinski definition) is 1. The van der Waals surface area contributed by atoms with E-state index in [4.69, 9.17) is 5.73 Å². The summed E-state index contributed by atoms with van der Waals surface area (Å²) >= 11 is 0. The zero-order valence-corrected chi connectivity index (χ0v) is 9.66. The third-order valence-electron chi connectivity index (χ3n) is 2.11. The Morgan fingerprint density at radius 3 is 2.11 bits per heavy atom. The summed E-state index contributed by atoms with van der Waals surface area (Å²) in [5.74, 6) is -1.15. The molecule has 1 atom stereocenters. The van der Waals surface area contributed by atoms with Crippen LogP contribution in [-0.4, -0.2) is 6.43 Å². The monoisotopic (exact) mass is 293 g/mol. The van der Waals surface area contributed by atoms with Crippen molar-refractivity contribution < 1.29 is 26.3 Å². The Bertz CT molecular complexity index is 392. The Morgan fingerprint density at radius 2 is 1.67 bits per heavy atom. The molecule has 0 aliphatic rings. The molecule has 0 aliphatic heterocycles. The summed E-state index contributed by atoms with van der Waals surface area (Å²) in [6.45, 7) is 0. The van der Waals surface area contributed by atoms with E-state index >= 15 is 0 Å². The van der Waals surface area contributed by atoms with E-state index in [1.54, 1.807) is 0 Å². The molecule has 1 aromatic rings. The quantitative estimate of drug-likeness (QED) is 0.840. The van der Waals surface area contributed by atoms with Crippen molar-refractivity contribution >= 4 is 12.4 Å². The van der Waals surface area contributed by atoms with E-state index in [0.717, 1.165) is 6.07 Å².